The second-order valence-electron chi connectivity index (χ2n) is 6.11. The van der Waals surface area contributed by atoms with E-state index >= 15 is 0 Å². The van der Waals surface area contributed by atoms with Gasteiger partial charge in [0.05, 0.1) is 17.8 Å². The summed E-state index contributed by atoms with van der Waals surface area (Å²) in [6.07, 6.45) is -4.43. The smallest absolute Gasteiger partial charge is 0.378 e. The third-order valence-electron chi connectivity index (χ3n) is 3.79. The number of nitrogens with one attached hydrogen (secondary N) is 2. The molecule has 0 aliphatic heterocycles. The van der Waals surface area contributed by atoms with Crippen LogP contribution in [0.25, 0.3) is 0 Å². The maximum Gasteiger partial charge on any atom is 0.416 e. The number of hydrogen-bond donors (Lipinski definition) is 2. The first-order valence-electron chi connectivity index (χ1n) is 8.19. The van der Waals surface area contributed by atoms with Crippen molar-refractivity contribution in [2.24, 2.45) is 5.10 Å². The van der Waals surface area contributed by atoms with Crippen LogP contribution in [0.2, 0.25) is 0 Å². The van der Waals surface area contributed by atoms with Crippen LogP contribution in [-0.2, 0) is 11.0 Å². The van der Waals surface area contributed by atoms with Crippen molar-refractivity contribution in [3.05, 3.63) is 59.7 Å². The number of hydrazone groups is 1. The summed E-state index contributed by atoms with van der Waals surface area (Å²) in [5.41, 5.74) is 4.33. The summed E-state index contributed by atoms with van der Waals surface area (Å²) in [6, 6.07) is 12.3. The molecule has 0 unspecified atom stereocenters. The van der Waals surface area contributed by atoms with Crippen molar-refractivity contribution in [2.75, 3.05) is 30.9 Å². The van der Waals surface area contributed by atoms with Crippen LogP contribution in [0.4, 0.5) is 24.5 Å². The van der Waals surface area contributed by atoms with Gasteiger partial charge < -0.3 is 10.2 Å². The summed E-state index contributed by atoms with van der Waals surface area (Å²) in [7, 11) is 3.88. The van der Waals surface area contributed by atoms with E-state index in [9.17, 15) is 18.0 Å². The predicted octanol–water partition coefficient (Wildman–Crippen LogP) is 3.72. The summed E-state index contributed by atoms with van der Waals surface area (Å²) >= 11 is 0. The number of carbonyl (C=O) groups is 1. The Morgan fingerprint density at radius 1 is 1.11 bits per heavy atom. The Labute approximate surface area is 155 Å². The first-order valence-corrected chi connectivity index (χ1v) is 8.19. The van der Waals surface area contributed by atoms with Crippen molar-refractivity contribution in [3.63, 3.8) is 0 Å². The minimum Gasteiger partial charge on any atom is -0.378 e. The molecule has 0 aliphatic rings. The van der Waals surface area contributed by atoms with E-state index in [2.05, 4.69) is 15.8 Å². The third kappa shape index (κ3) is 6.02. The van der Waals surface area contributed by atoms with Gasteiger partial charge in [-0.25, -0.2) is 5.43 Å². The second-order valence-corrected chi connectivity index (χ2v) is 6.11. The topological polar surface area (TPSA) is 56.7 Å². The van der Waals surface area contributed by atoms with Crippen molar-refractivity contribution >= 4 is 23.0 Å². The number of nitrogens with zero attached hydrogens (tertiary/aromatic N) is 2. The number of halogens is 3. The largest absolute Gasteiger partial charge is 0.416 e. The molecule has 0 atom stereocenters. The number of hydrogen-bond acceptors (Lipinski definition) is 4. The van der Waals surface area contributed by atoms with E-state index in [4.69, 9.17) is 0 Å². The standard InChI is InChI=1S/C19H21F3N4O/c1-13(14-7-9-17(10-8-14)26(2)3)24-25-18(27)12-23-16-6-4-5-15(11-16)19(20,21)22/h4-11,23H,12H2,1-3H3,(H,25,27). The third-order valence-corrected chi connectivity index (χ3v) is 3.79. The van der Waals surface area contributed by atoms with Crippen LogP contribution in [0.1, 0.15) is 18.1 Å². The number of alkyl halides is 3. The Morgan fingerprint density at radius 3 is 2.37 bits per heavy atom. The highest BCUT2D eigenvalue weighted by atomic mass is 19.4. The number of rotatable bonds is 6. The van der Waals surface area contributed by atoms with E-state index in [1.165, 1.54) is 12.1 Å². The normalized spacial score (nSPS) is 11.9. The minimum atomic E-state index is -4.43. The van der Waals surface area contributed by atoms with Crippen LogP contribution in [0.5, 0.6) is 0 Å². The Kier molecular flexibility index (Phi) is 6.44. The fourth-order valence-corrected chi connectivity index (χ4v) is 2.24. The molecular formula is C19H21F3N4O. The zero-order valence-corrected chi connectivity index (χ0v) is 15.3. The maximum atomic E-state index is 12.7. The molecule has 144 valence electrons. The Morgan fingerprint density at radius 2 is 1.78 bits per heavy atom. The van der Waals surface area contributed by atoms with Gasteiger partial charge in [-0.1, -0.05) is 18.2 Å². The molecule has 0 bridgehead atoms. The second kappa shape index (κ2) is 8.57. The summed E-state index contributed by atoms with van der Waals surface area (Å²) in [5.74, 6) is -0.461. The van der Waals surface area contributed by atoms with Gasteiger partial charge in [0.25, 0.3) is 5.91 Å². The molecule has 0 radical (unpaired) electrons. The fraction of sp³-hybridized carbons (Fsp3) is 0.263. The highest BCUT2D eigenvalue weighted by Gasteiger charge is 2.30. The molecule has 0 saturated carbocycles. The monoisotopic (exact) mass is 378 g/mol. The lowest BCUT2D eigenvalue weighted by Crippen LogP contribution is -2.26. The molecule has 0 aliphatic carbocycles. The van der Waals surface area contributed by atoms with E-state index in [0.717, 1.165) is 23.4 Å². The van der Waals surface area contributed by atoms with Gasteiger partial charge in [0, 0.05) is 25.5 Å². The molecule has 2 aromatic rings. The van der Waals surface area contributed by atoms with Crippen molar-refractivity contribution in [2.45, 2.75) is 13.1 Å². The quantitative estimate of drug-likeness (QED) is 0.595. The number of carbonyl (C=O) groups excluding carboxylic acids is 1. The molecule has 5 nitrogen and oxygen atoms in total. The van der Waals surface area contributed by atoms with Crippen molar-refractivity contribution < 1.29 is 18.0 Å². The van der Waals surface area contributed by atoms with Gasteiger partial charge in [0.1, 0.15) is 0 Å². The summed E-state index contributed by atoms with van der Waals surface area (Å²) in [5, 5.41) is 6.67. The van der Waals surface area contributed by atoms with Gasteiger partial charge in [0.2, 0.25) is 0 Å². The van der Waals surface area contributed by atoms with Crippen LogP contribution in [0.3, 0.4) is 0 Å². The van der Waals surface area contributed by atoms with Gasteiger partial charge in [-0.3, -0.25) is 4.79 Å². The Balaban J connectivity index is 1.91. The molecule has 0 fully saturated rings. The molecule has 2 rings (SSSR count). The molecule has 1 amide bonds. The van der Waals surface area contributed by atoms with Crippen LogP contribution >= 0.6 is 0 Å². The number of anilines is 2. The van der Waals surface area contributed by atoms with Crippen molar-refractivity contribution in [3.8, 4) is 0 Å². The van der Waals surface area contributed by atoms with E-state index < -0.39 is 17.6 Å². The van der Waals surface area contributed by atoms with Gasteiger partial charge in [-0.05, 0) is 42.8 Å². The number of amides is 1. The average Bonchev–Trinajstić information content (AvgIpc) is 2.64. The molecule has 2 N–H and O–H groups in total. The van der Waals surface area contributed by atoms with Crippen LogP contribution in [0.15, 0.2) is 53.6 Å². The molecular weight excluding hydrogens is 357 g/mol. The average molecular weight is 378 g/mol. The fourth-order valence-electron chi connectivity index (χ4n) is 2.24. The zero-order valence-electron chi connectivity index (χ0n) is 15.3. The van der Waals surface area contributed by atoms with Crippen molar-refractivity contribution in [1.82, 2.24) is 5.43 Å². The number of benzene rings is 2. The molecule has 0 saturated heterocycles. The van der Waals surface area contributed by atoms with E-state index in [-0.39, 0.29) is 12.2 Å². The molecule has 8 heteroatoms. The van der Waals surface area contributed by atoms with E-state index in [1.807, 2.05) is 43.3 Å². The van der Waals surface area contributed by atoms with Crippen molar-refractivity contribution in [1.29, 1.82) is 0 Å². The summed E-state index contributed by atoms with van der Waals surface area (Å²) in [6.45, 7) is 1.56. The lowest BCUT2D eigenvalue weighted by atomic mass is 10.1. The molecule has 27 heavy (non-hydrogen) atoms. The highest BCUT2D eigenvalue weighted by molar-refractivity contribution is 5.99. The van der Waals surface area contributed by atoms with E-state index in [0.29, 0.717) is 5.71 Å². The van der Waals surface area contributed by atoms with Crippen LogP contribution < -0.4 is 15.6 Å². The van der Waals surface area contributed by atoms with Gasteiger partial charge in [-0.15, -0.1) is 0 Å². The van der Waals surface area contributed by atoms with Crippen LogP contribution in [0, 0.1) is 0 Å². The molecule has 0 heterocycles. The van der Waals surface area contributed by atoms with Crippen LogP contribution in [-0.4, -0.2) is 32.3 Å². The predicted molar refractivity (Wildman–Crippen MR) is 101 cm³/mol. The van der Waals surface area contributed by atoms with Gasteiger partial charge >= 0.3 is 6.18 Å². The lowest BCUT2D eigenvalue weighted by Gasteiger charge is -2.12. The lowest BCUT2D eigenvalue weighted by molar-refractivity contribution is -0.137. The van der Waals surface area contributed by atoms with Gasteiger partial charge in [0.15, 0.2) is 0 Å². The first-order chi connectivity index (χ1) is 12.7. The minimum absolute atomic E-state index is 0.197. The first kappa shape index (κ1) is 20.3. The summed E-state index contributed by atoms with van der Waals surface area (Å²) < 4.78 is 38.0. The zero-order chi connectivity index (χ0) is 20.0. The summed E-state index contributed by atoms with van der Waals surface area (Å²) in [4.78, 5) is 13.8. The molecule has 2 aromatic carbocycles. The Bertz CT molecular complexity index is 814. The molecule has 0 spiro atoms. The highest BCUT2D eigenvalue weighted by Crippen LogP contribution is 2.30. The maximum absolute atomic E-state index is 12.7. The van der Waals surface area contributed by atoms with Gasteiger partial charge in [-0.2, -0.15) is 18.3 Å². The Hall–Kier alpha value is -3.03. The van der Waals surface area contributed by atoms with E-state index in [1.54, 1.807) is 6.92 Å². The molecule has 0 aromatic heterocycles. The SMILES string of the molecule is CC(=NNC(=O)CNc1cccc(C(F)(F)F)c1)c1ccc(N(C)C)cc1.